The van der Waals surface area contributed by atoms with Crippen LogP contribution in [-0.4, -0.2) is 30.1 Å². The molecule has 0 aliphatic rings. The van der Waals surface area contributed by atoms with Crippen molar-refractivity contribution < 1.29 is 0 Å². The largest absolute Gasteiger partial charge is 0.357 e. The van der Waals surface area contributed by atoms with Crippen molar-refractivity contribution in [2.75, 3.05) is 30.4 Å². The molecule has 1 rings (SSSR count). The number of aromatic nitrogens is 2. The fourth-order valence-electron chi connectivity index (χ4n) is 1.61. The highest BCUT2D eigenvalue weighted by Crippen LogP contribution is 2.18. The topological polar surface area (TPSA) is 64.8 Å². The molecule has 17 heavy (non-hydrogen) atoms. The van der Waals surface area contributed by atoms with Gasteiger partial charge in [-0.15, -0.1) is 0 Å². The average molecular weight is 233 g/mol. The van der Waals surface area contributed by atoms with Gasteiger partial charge in [0.25, 0.3) is 0 Å². The van der Waals surface area contributed by atoms with E-state index in [1.807, 2.05) is 13.8 Å². The van der Waals surface area contributed by atoms with E-state index in [-0.39, 0.29) is 5.92 Å². The molecule has 1 heterocycles. The Morgan fingerprint density at radius 3 is 2.82 bits per heavy atom. The zero-order chi connectivity index (χ0) is 12.8. The number of anilines is 2. The summed E-state index contributed by atoms with van der Waals surface area (Å²) in [6, 6.07) is 2.25. The third kappa shape index (κ3) is 3.31. The first-order valence-corrected chi connectivity index (χ1v) is 5.78. The van der Waals surface area contributed by atoms with E-state index in [4.69, 9.17) is 5.26 Å². The van der Waals surface area contributed by atoms with Crippen molar-refractivity contribution >= 4 is 11.8 Å². The van der Waals surface area contributed by atoms with Crippen LogP contribution in [0.4, 0.5) is 11.8 Å². The van der Waals surface area contributed by atoms with Crippen molar-refractivity contribution in [3.8, 4) is 6.07 Å². The normalized spacial score (nSPS) is 11.7. The number of hydrogen-bond acceptors (Lipinski definition) is 5. The summed E-state index contributed by atoms with van der Waals surface area (Å²) in [5.74, 6) is 1.49. The number of rotatable bonds is 5. The zero-order valence-electron chi connectivity index (χ0n) is 10.9. The Balaban J connectivity index is 2.98. The van der Waals surface area contributed by atoms with Crippen molar-refractivity contribution in [3.05, 3.63) is 11.8 Å². The number of hydrogen-bond donors (Lipinski definition) is 1. The Morgan fingerprint density at radius 1 is 1.59 bits per heavy atom. The van der Waals surface area contributed by atoms with Crippen molar-refractivity contribution in [2.45, 2.75) is 20.8 Å². The Morgan fingerprint density at radius 2 is 2.29 bits per heavy atom. The molecule has 0 fully saturated rings. The van der Waals surface area contributed by atoms with Gasteiger partial charge in [-0.05, 0) is 20.8 Å². The summed E-state index contributed by atoms with van der Waals surface area (Å²) in [7, 11) is 1.79. The van der Waals surface area contributed by atoms with Gasteiger partial charge >= 0.3 is 0 Å². The molecule has 0 bridgehead atoms. The molecule has 5 heteroatoms. The van der Waals surface area contributed by atoms with Crippen LogP contribution in [0.5, 0.6) is 0 Å². The Kier molecular flexibility index (Phi) is 4.70. The second-order valence-corrected chi connectivity index (χ2v) is 4.02. The molecule has 92 valence electrons. The van der Waals surface area contributed by atoms with Crippen molar-refractivity contribution in [1.29, 1.82) is 5.26 Å². The number of nitrogens with zero attached hydrogens (tertiary/aromatic N) is 4. The van der Waals surface area contributed by atoms with Gasteiger partial charge in [-0.25, -0.2) is 4.98 Å². The molecular formula is C12H19N5. The molecule has 1 aromatic rings. The fraction of sp³-hybridized carbons (Fsp3) is 0.583. The molecule has 0 radical (unpaired) electrons. The predicted molar refractivity (Wildman–Crippen MR) is 69.0 cm³/mol. The second-order valence-electron chi connectivity index (χ2n) is 4.02. The lowest BCUT2D eigenvalue weighted by molar-refractivity contribution is 0.677. The summed E-state index contributed by atoms with van der Waals surface area (Å²) in [6.45, 7) is 7.47. The summed E-state index contributed by atoms with van der Waals surface area (Å²) in [5, 5.41) is 11.8. The molecule has 1 aromatic heterocycles. The Labute approximate surface area is 102 Å². The summed E-state index contributed by atoms with van der Waals surface area (Å²) >= 11 is 0. The van der Waals surface area contributed by atoms with Crippen LogP contribution in [0.1, 0.15) is 19.4 Å². The van der Waals surface area contributed by atoms with Crippen molar-refractivity contribution in [3.63, 3.8) is 0 Å². The Bertz CT molecular complexity index is 410. The smallest absolute Gasteiger partial charge is 0.224 e. The van der Waals surface area contributed by atoms with E-state index in [9.17, 15) is 0 Å². The van der Waals surface area contributed by atoms with Gasteiger partial charge in [0, 0.05) is 31.9 Å². The zero-order valence-corrected chi connectivity index (χ0v) is 10.9. The van der Waals surface area contributed by atoms with Gasteiger partial charge < -0.3 is 10.2 Å². The number of aryl methyl sites for hydroxylation is 1. The molecule has 1 N–H and O–H groups in total. The maximum Gasteiger partial charge on any atom is 0.224 e. The molecule has 1 atom stereocenters. The number of nitriles is 1. The minimum Gasteiger partial charge on any atom is -0.357 e. The minimum atomic E-state index is -0.0117. The lowest BCUT2D eigenvalue weighted by atomic mass is 10.2. The van der Waals surface area contributed by atoms with Crippen LogP contribution in [0.15, 0.2) is 6.20 Å². The highest BCUT2D eigenvalue weighted by molar-refractivity contribution is 5.48. The molecule has 0 saturated carbocycles. The minimum absolute atomic E-state index is 0.0117. The van der Waals surface area contributed by atoms with Crippen LogP contribution < -0.4 is 10.2 Å². The van der Waals surface area contributed by atoms with E-state index in [1.54, 1.807) is 13.2 Å². The predicted octanol–water partition coefficient (Wildman–Crippen LogP) is 1.81. The highest BCUT2D eigenvalue weighted by atomic mass is 15.2. The van der Waals surface area contributed by atoms with Crippen LogP contribution in [0.2, 0.25) is 0 Å². The Hall–Kier alpha value is -1.83. The third-order valence-electron chi connectivity index (χ3n) is 2.56. The molecule has 0 amide bonds. The molecule has 5 nitrogen and oxygen atoms in total. The van der Waals surface area contributed by atoms with Crippen LogP contribution in [-0.2, 0) is 0 Å². The first-order valence-electron chi connectivity index (χ1n) is 5.78. The maximum atomic E-state index is 8.87. The standard InChI is InChI=1S/C12H19N5/c1-5-17(8-9(2)6-13)11-10(3)7-15-12(14-4)16-11/h7,9H,5,8H2,1-4H3,(H,14,15,16). The molecule has 0 aliphatic carbocycles. The van der Waals surface area contributed by atoms with Crippen LogP contribution in [0.3, 0.4) is 0 Å². The first kappa shape index (κ1) is 13.2. The second kappa shape index (κ2) is 6.04. The monoisotopic (exact) mass is 233 g/mol. The summed E-state index contributed by atoms with van der Waals surface area (Å²) in [6.07, 6.45) is 1.80. The van der Waals surface area contributed by atoms with Crippen LogP contribution in [0.25, 0.3) is 0 Å². The first-order chi connectivity index (χ1) is 8.12. The van der Waals surface area contributed by atoms with E-state index in [0.717, 1.165) is 17.9 Å². The van der Waals surface area contributed by atoms with Gasteiger partial charge in [0.05, 0.1) is 12.0 Å². The van der Waals surface area contributed by atoms with Gasteiger partial charge in [-0.3, -0.25) is 0 Å². The summed E-state index contributed by atoms with van der Waals surface area (Å²) in [4.78, 5) is 10.7. The van der Waals surface area contributed by atoms with E-state index in [1.165, 1.54) is 0 Å². The number of nitrogens with one attached hydrogen (secondary N) is 1. The van der Waals surface area contributed by atoms with E-state index in [0.29, 0.717) is 12.5 Å². The lowest BCUT2D eigenvalue weighted by Gasteiger charge is -2.24. The third-order valence-corrected chi connectivity index (χ3v) is 2.56. The maximum absolute atomic E-state index is 8.87. The molecular weight excluding hydrogens is 214 g/mol. The van der Waals surface area contributed by atoms with Gasteiger partial charge in [-0.2, -0.15) is 10.2 Å². The van der Waals surface area contributed by atoms with Crippen molar-refractivity contribution in [1.82, 2.24) is 9.97 Å². The molecule has 1 unspecified atom stereocenters. The summed E-state index contributed by atoms with van der Waals surface area (Å²) in [5.41, 5.74) is 1.02. The van der Waals surface area contributed by atoms with Crippen molar-refractivity contribution in [2.24, 2.45) is 5.92 Å². The van der Waals surface area contributed by atoms with E-state index < -0.39 is 0 Å². The lowest BCUT2D eigenvalue weighted by Crippen LogP contribution is -2.29. The van der Waals surface area contributed by atoms with Gasteiger partial charge in [0.1, 0.15) is 5.82 Å². The molecule has 0 saturated heterocycles. The van der Waals surface area contributed by atoms with Gasteiger partial charge in [0.2, 0.25) is 5.95 Å². The quantitative estimate of drug-likeness (QED) is 0.840. The SMILES string of the molecule is CCN(CC(C)C#N)c1nc(NC)ncc1C. The average Bonchev–Trinajstić information content (AvgIpc) is 2.36. The fourth-order valence-corrected chi connectivity index (χ4v) is 1.61. The van der Waals surface area contributed by atoms with Crippen LogP contribution in [0, 0.1) is 24.2 Å². The van der Waals surface area contributed by atoms with Crippen LogP contribution >= 0.6 is 0 Å². The van der Waals surface area contributed by atoms with E-state index in [2.05, 4.69) is 33.2 Å². The highest BCUT2D eigenvalue weighted by Gasteiger charge is 2.13. The van der Waals surface area contributed by atoms with Gasteiger partial charge in [-0.1, -0.05) is 0 Å². The van der Waals surface area contributed by atoms with Gasteiger partial charge in [0.15, 0.2) is 0 Å². The van der Waals surface area contributed by atoms with E-state index >= 15 is 0 Å². The molecule has 0 spiro atoms. The molecule has 0 aliphatic heterocycles. The molecule has 0 aromatic carbocycles. The summed E-state index contributed by atoms with van der Waals surface area (Å²) < 4.78 is 0.